The number of benzene rings is 1. The number of nitrogens with zero attached hydrogens (tertiary/aromatic N) is 3. The van der Waals surface area contributed by atoms with E-state index in [0.717, 1.165) is 4.68 Å². The Morgan fingerprint density at radius 3 is 2.19 bits per heavy atom. The third kappa shape index (κ3) is 5.15. The number of carbonyl (C=O) groups excluding carboxylic acids is 1. The molecule has 7 heteroatoms. The van der Waals surface area contributed by atoms with Crippen LogP contribution in [0.15, 0.2) is 35.1 Å². The lowest BCUT2D eigenvalue weighted by Crippen LogP contribution is -2.38. The molecule has 0 aliphatic heterocycles. The zero-order chi connectivity index (χ0) is 20.1. The van der Waals surface area contributed by atoms with Crippen LogP contribution in [0, 0.1) is 17.7 Å². The first-order valence-electron chi connectivity index (χ1n) is 8.96. The molecule has 0 aliphatic carbocycles. The van der Waals surface area contributed by atoms with Gasteiger partial charge in [0, 0.05) is 13.1 Å². The van der Waals surface area contributed by atoms with Gasteiger partial charge in [-0.25, -0.2) is 4.39 Å². The van der Waals surface area contributed by atoms with Crippen LogP contribution in [0.1, 0.15) is 38.2 Å². The van der Waals surface area contributed by atoms with Crippen LogP contribution in [-0.4, -0.2) is 40.8 Å². The van der Waals surface area contributed by atoms with Crippen molar-refractivity contribution in [2.75, 3.05) is 20.2 Å². The number of methoxy groups -OCH3 is 1. The van der Waals surface area contributed by atoms with Gasteiger partial charge in [0.1, 0.15) is 5.82 Å². The summed E-state index contributed by atoms with van der Waals surface area (Å²) in [7, 11) is 1.39. The van der Waals surface area contributed by atoms with Gasteiger partial charge in [0.05, 0.1) is 18.9 Å². The van der Waals surface area contributed by atoms with E-state index in [4.69, 9.17) is 4.74 Å². The number of halogens is 1. The molecule has 0 radical (unpaired) electrons. The Balaban J connectivity index is 2.52. The molecule has 0 aliphatic rings. The summed E-state index contributed by atoms with van der Waals surface area (Å²) in [5, 5.41) is 4.24. The molecule has 146 valence electrons. The van der Waals surface area contributed by atoms with Crippen LogP contribution in [0.2, 0.25) is 0 Å². The van der Waals surface area contributed by atoms with Gasteiger partial charge in [0.25, 0.3) is 11.5 Å². The number of carbonyl (C=O) groups is 1. The molecule has 1 amide bonds. The SMILES string of the molecule is COc1cc(=O)n(-c2ccc(F)cc2)nc1C(=O)N(CC(C)C)CC(C)C. The Labute approximate surface area is 158 Å². The monoisotopic (exact) mass is 375 g/mol. The Bertz CT molecular complexity index is 835. The molecule has 27 heavy (non-hydrogen) atoms. The van der Waals surface area contributed by atoms with Crippen molar-refractivity contribution in [1.82, 2.24) is 14.7 Å². The van der Waals surface area contributed by atoms with E-state index in [-0.39, 0.29) is 29.2 Å². The predicted molar refractivity (Wildman–Crippen MR) is 102 cm³/mol. The Kier molecular flexibility index (Phi) is 6.71. The quantitative estimate of drug-likeness (QED) is 0.746. The van der Waals surface area contributed by atoms with E-state index in [0.29, 0.717) is 18.8 Å². The first-order chi connectivity index (χ1) is 12.7. The smallest absolute Gasteiger partial charge is 0.278 e. The molecular formula is C20H26FN3O3. The first-order valence-corrected chi connectivity index (χ1v) is 8.96. The highest BCUT2D eigenvalue weighted by atomic mass is 19.1. The second kappa shape index (κ2) is 8.79. The van der Waals surface area contributed by atoms with Crippen LogP contribution in [0.5, 0.6) is 5.75 Å². The number of rotatable bonds is 7. The van der Waals surface area contributed by atoms with Crippen LogP contribution < -0.4 is 10.3 Å². The zero-order valence-electron chi connectivity index (χ0n) is 16.4. The standard InChI is InChI=1S/C20H26FN3O3/c1-13(2)11-23(12-14(3)4)20(26)19-17(27-5)10-18(25)24(22-19)16-8-6-15(21)7-9-16/h6-10,13-14H,11-12H2,1-5H3. The summed E-state index contributed by atoms with van der Waals surface area (Å²) in [6.45, 7) is 9.26. The minimum Gasteiger partial charge on any atom is -0.494 e. The van der Waals surface area contributed by atoms with Gasteiger partial charge >= 0.3 is 0 Å². The number of aromatic nitrogens is 2. The normalized spacial score (nSPS) is 11.1. The lowest BCUT2D eigenvalue weighted by Gasteiger charge is -2.26. The lowest BCUT2D eigenvalue weighted by molar-refractivity contribution is 0.0703. The predicted octanol–water partition coefficient (Wildman–Crippen LogP) is 3.13. The van der Waals surface area contributed by atoms with E-state index in [1.807, 2.05) is 27.7 Å². The second-order valence-corrected chi connectivity index (χ2v) is 7.29. The van der Waals surface area contributed by atoms with Gasteiger partial charge in [-0.2, -0.15) is 9.78 Å². The zero-order valence-corrected chi connectivity index (χ0v) is 16.4. The van der Waals surface area contributed by atoms with Crippen molar-refractivity contribution >= 4 is 5.91 Å². The highest BCUT2D eigenvalue weighted by molar-refractivity contribution is 5.94. The van der Waals surface area contributed by atoms with Gasteiger partial charge in [0.15, 0.2) is 11.4 Å². The third-order valence-corrected chi connectivity index (χ3v) is 3.85. The summed E-state index contributed by atoms with van der Waals surface area (Å²) in [4.78, 5) is 27.3. The number of hydrogen-bond acceptors (Lipinski definition) is 4. The van der Waals surface area contributed by atoms with Crippen molar-refractivity contribution in [2.24, 2.45) is 11.8 Å². The number of ether oxygens (including phenoxy) is 1. The number of amides is 1. The molecule has 0 fully saturated rings. The third-order valence-electron chi connectivity index (χ3n) is 3.85. The summed E-state index contributed by atoms with van der Waals surface area (Å²) >= 11 is 0. The molecular weight excluding hydrogens is 349 g/mol. The topological polar surface area (TPSA) is 64.4 Å². The van der Waals surface area contributed by atoms with E-state index in [1.165, 1.54) is 37.4 Å². The van der Waals surface area contributed by atoms with Crippen molar-refractivity contribution in [3.8, 4) is 11.4 Å². The summed E-state index contributed by atoms with van der Waals surface area (Å²) in [6, 6.07) is 6.57. The molecule has 2 aromatic rings. The van der Waals surface area contributed by atoms with Crippen LogP contribution in [0.4, 0.5) is 4.39 Å². The maximum Gasteiger partial charge on any atom is 0.278 e. The molecule has 0 saturated heterocycles. The van der Waals surface area contributed by atoms with E-state index in [1.54, 1.807) is 4.90 Å². The van der Waals surface area contributed by atoms with E-state index < -0.39 is 11.4 Å². The Hall–Kier alpha value is -2.70. The summed E-state index contributed by atoms with van der Waals surface area (Å²) < 4.78 is 19.5. The van der Waals surface area contributed by atoms with Crippen LogP contribution in [-0.2, 0) is 0 Å². The lowest BCUT2D eigenvalue weighted by atomic mass is 10.1. The molecule has 0 N–H and O–H groups in total. The van der Waals surface area contributed by atoms with Gasteiger partial charge < -0.3 is 9.64 Å². The minimum atomic E-state index is -0.464. The fourth-order valence-electron chi connectivity index (χ4n) is 2.78. The molecule has 1 aromatic heterocycles. The summed E-state index contributed by atoms with van der Waals surface area (Å²) in [6.07, 6.45) is 0. The first kappa shape index (κ1) is 20.6. The molecule has 0 bridgehead atoms. The van der Waals surface area contributed by atoms with Crippen LogP contribution in [0.3, 0.4) is 0 Å². The molecule has 0 atom stereocenters. The molecule has 0 unspecified atom stereocenters. The Morgan fingerprint density at radius 1 is 1.15 bits per heavy atom. The molecule has 0 spiro atoms. The fraction of sp³-hybridized carbons (Fsp3) is 0.450. The van der Waals surface area contributed by atoms with Crippen molar-refractivity contribution < 1.29 is 13.9 Å². The molecule has 1 heterocycles. The highest BCUT2D eigenvalue weighted by Gasteiger charge is 2.24. The maximum absolute atomic E-state index is 13.2. The maximum atomic E-state index is 13.2. The molecule has 1 aromatic carbocycles. The second-order valence-electron chi connectivity index (χ2n) is 7.29. The molecule has 6 nitrogen and oxygen atoms in total. The van der Waals surface area contributed by atoms with Gasteiger partial charge in [-0.1, -0.05) is 27.7 Å². The fourth-order valence-corrected chi connectivity index (χ4v) is 2.78. The van der Waals surface area contributed by atoms with E-state index >= 15 is 0 Å². The van der Waals surface area contributed by atoms with Gasteiger partial charge in [-0.3, -0.25) is 9.59 Å². The van der Waals surface area contributed by atoms with Crippen molar-refractivity contribution in [1.29, 1.82) is 0 Å². The highest BCUT2D eigenvalue weighted by Crippen LogP contribution is 2.18. The average molecular weight is 375 g/mol. The summed E-state index contributed by atoms with van der Waals surface area (Å²) in [5.41, 5.74) is -0.0330. The van der Waals surface area contributed by atoms with Gasteiger partial charge in [-0.15, -0.1) is 0 Å². The van der Waals surface area contributed by atoms with Gasteiger partial charge in [-0.05, 0) is 36.1 Å². The minimum absolute atomic E-state index is 0.0581. The van der Waals surface area contributed by atoms with E-state index in [9.17, 15) is 14.0 Å². The van der Waals surface area contributed by atoms with Crippen LogP contribution in [0.25, 0.3) is 5.69 Å². The van der Waals surface area contributed by atoms with Crippen molar-refractivity contribution in [3.05, 3.63) is 52.2 Å². The van der Waals surface area contributed by atoms with Crippen molar-refractivity contribution in [3.63, 3.8) is 0 Å². The van der Waals surface area contributed by atoms with Crippen LogP contribution >= 0.6 is 0 Å². The Morgan fingerprint density at radius 2 is 1.70 bits per heavy atom. The van der Waals surface area contributed by atoms with Crippen molar-refractivity contribution in [2.45, 2.75) is 27.7 Å². The molecule has 2 rings (SSSR count). The molecule has 0 saturated carbocycles. The number of hydrogen-bond donors (Lipinski definition) is 0. The van der Waals surface area contributed by atoms with E-state index in [2.05, 4.69) is 5.10 Å². The average Bonchev–Trinajstić information content (AvgIpc) is 2.60. The van der Waals surface area contributed by atoms with Gasteiger partial charge in [0.2, 0.25) is 0 Å². The summed E-state index contributed by atoms with van der Waals surface area (Å²) in [5.74, 6) is -0.0361. The largest absolute Gasteiger partial charge is 0.494 e.